The molecule has 0 spiro atoms. The maximum atomic E-state index is 8.83. The number of nitriles is 1. The van der Waals surface area contributed by atoms with E-state index in [0.29, 0.717) is 11.3 Å². The van der Waals surface area contributed by atoms with Crippen LogP contribution in [-0.4, -0.2) is 0 Å². The minimum atomic E-state index is 0.574. The van der Waals surface area contributed by atoms with Gasteiger partial charge in [0.25, 0.3) is 0 Å². The smallest absolute Gasteiger partial charge is 0.0992 e. The Morgan fingerprint density at radius 3 is 2.63 bits per heavy atom. The fourth-order valence-corrected chi connectivity index (χ4v) is 2.02. The fraction of sp³-hybridized carbons (Fsp3) is 0.188. The molecule has 96 valence electrons. The van der Waals surface area contributed by atoms with Gasteiger partial charge in [0.1, 0.15) is 0 Å². The average Bonchev–Trinajstić information content (AvgIpc) is 2.43. The predicted octanol–water partition coefficient (Wildman–Crippen LogP) is 3.84. The molecule has 0 aliphatic heterocycles. The summed E-state index contributed by atoms with van der Waals surface area (Å²) in [5.74, 6) is 0. The highest BCUT2D eigenvalue weighted by atomic mass is 14.9. The molecule has 0 amide bonds. The Morgan fingerprint density at radius 1 is 1.16 bits per heavy atom. The molecule has 0 unspecified atom stereocenters. The van der Waals surface area contributed by atoms with Crippen molar-refractivity contribution in [2.45, 2.75) is 19.8 Å². The molecule has 19 heavy (non-hydrogen) atoms. The van der Waals surface area contributed by atoms with Crippen LogP contribution in [0.2, 0.25) is 0 Å². The molecule has 2 aromatic carbocycles. The second-order valence-electron chi connectivity index (χ2n) is 4.45. The van der Waals surface area contributed by atoms with Crippen molar-refractivity contribution in [3.63, 3.8) is 0 Å². The SMILES string of the molecule is CCCc1ccccc1Nc1ccc(C#N)cc1N. The maximum absolute atomic E-state index is 8.83. The molecule has 3 N–H and O–H groups in total. The Morgan fingerprint density at radius 2 is 1.95 bits per heavy atom. The lowest BCUT2D eigenvalue weighted by Crippen LogP contribution is -1.99. The van der Waals surface area contributed by atoms with E-state index in [1.54, 1.807) is 12.1 Å². The first-order valence-corrected chi connectivity index (χ1v) is 6.39. The van der Waals surface area contributed by atoms with Gasteiger partial charge < -0.3 is 11.1 Å². The van der Waals surface area contributed by atoms with Crippen molar-refractivity contribution in [2.24, 2.45) is 0 Å². The van der Waals surface area contributed by atoms with E-state index in [-0.39, 0.29) is 0 Å². The number of rotatable bonds is 4. The van der Waals surface area contributed by atoms with Crippen molar-refractivity contribution in [1.82, 2.24) is 0 Å². The topological polar surface area (TPSA) is 61.8 Å². The normalized spacial score (nSPS) is 9.89. The van der Waals surface area contributed by atoms with E-state index in [9.17, 15) is 0 Å². The van der Waals surface area contributed by atoms with Crippen molar-refractivity contribution in [3.05, 3.63) is 53.6 Å². The zero-order valence-electron chi connectivity index (χ0n) is 11.0. The molecule has 0 saturated carbocycles. The van der Waals surface area contributed by atoms with Crippen LogP contribution in [0.1, 0.15) is 24.5 Å². The number of anilines is 3. The van der Waals surface area contributed by atoms with Gasteiger partial charge in [0, 0.05) is 5.69 Å². The van der Waals surface area contributed by atoms with Gasteiger partial charge in [-0.2, -0.15) is 5.26 Å². The van der Waals surface area contributed by atoms with Gasteiger partial charge in [-0.15, -0.1) is 0 Å². The van der Waals surface area contributed by atoms with Gasteiger partial charge in [0.2, 0.25) is 0 Å². The van der Waals surface area contributed by atoms with Crippen LogP contribution in [0.5, 0.6) is 0 Å². The molecule has 0 saturated heterocycles. The number of nitrogen functional groups attached to an aromatic ring is 1. The van der Waals surface area contributed by atoms with Gasteiger partial charge in [-0.05, 0) is 36.2 Å². The van der Waals surface area contributed by atoms with Gasteiger partial charge in [-0.1, -0.05) is 31.5 Å². The van der Waals surface area contributed by atoms with Crippen molar-refractivity contribution in [3.8, 4) is 6.07 Å². The van der Waals surface area contributed by atoms with Gasteiger partial charge in [-0.3, -0.25) is 0 Å². The van der Waals surface area contributed by atoms with Crippen LogP contribution in [0.15, 0.2) is 42.5 Å². The lowest BCUT2D eigenvalue weighted by atomic mass is 10.1. The molecule has 0 aliphatic carbocycles. The number of aryl methyl sites for hydroxylation is 1. The van der Waals surface area contributed by atoms with E-state index >= 15 is 0 Å². The molecule has 0 radical (unpaired) electrons. The quantitative estimate of drug-likeness (QED) is 0.812. The summed E-state index contributed by atoms with van der Waals surface area (Å²) in [6, 6.07) is 15.6. The monoisotopic (exact) mass is 251 g/mol. The molecular formula is C16H17N3. The molecule has 0 aromatic heterocycles. The lowest BCUT2D eigenvalue weighted by molar-refractivity contribution is 0.923. The van der Waals surface area contributed by atoms with E-state index in [4.69, 9.17) is 11.0 Å². The number of hydrogen-bond donors (Lipinski definition) is 2. The largest absolute Gasteiger partial charge is 0.397 e. The third-order valence-electron chi connectivity index (χ3n) is 2.99. The van der Waals surface area contributed by atoms with Crippen molar-refractivity contribution in [2.75, 3.05) is 11.1 Å². The molecule has 3 heteroatoms. The predicted molar refractivity (Wildman–Crippen MR) is 79.3 cm³/mol. The van der Waals surface area contributed by atoms with Crippen LogP contribution < -0.4 is 11.1 Å². The Hall–Kier alpha value is -2.47. The highest BCUT2D eigenvalue weighted by molar-refractivity contribution is 5.75. The van der Waals surface area contributed by atoms with Gasteiger partial charge in [0.15, 0.2) is 0 Å². The van der Waals surface area contributed by atoms with Crippen LogP contribution in [0.4, 0.5) is 17.1 Å². The van der Waals surface area contributed by atoms with Crippen molar-refractivity contribution >= 4 is 17.1 Å². The first kappa shape index (κ1) is 13.0. The summed E-state index contributed by atoms with van der Waals surface area (Å²) >= 11 is 0. The van der Waals surface area contributed by atoms with E-state index in [0.717, 1.165) is 24.2 Å². The second-order valence-corrected chi connectivity index (χ2v) is 4.45. The van der Waals surface area contributed by atoms with Gasteiger partial charge >= 0.3 is 0 Å². The Bertz CT molecular complexity index is 612. The highest BCUT2D eigenvalue weighted by Crippen LogP contribution is 2.26. The maximum Gasteiger partial charge on any atom is 0.0992 e. The molecule has 0 aliphatic rings. The van der Waals surface area contributed by atoms with E-state index in [2.05, 4.69) is 24.4 Å². The number of para-hydroxylation sites is 1. The summed E-state index contributed by atoms with van der Waals surface area (Å²) in [6.45, 7) is 2.16. The van der Waals surface area contributed by atoms with E-state index in [1.807, 2.05) is 24.3 Å². The minimum Gasteiger partial charge on any atom is -0.397 e. The van der Waals surface area contributed by atoms with Crippen molar-refractivity contribution < 1.29 is 0 Å². The molecule has 0 fully saturated rings. The first-order valence-electron chi connectivity index (χ1n) is 6.39. The molecule has 2 rings (SSSR count). The lowest BCUT2D eigenvalue weighted by Gasteiger charge is -2.13. The summed E-state index contributed by atoms with van der Waals surface area (Å²) in [4.78, 5) is 0. The summed E-state index contributed by atoms with van der Waals surface area (Å²) < 4.78 is 0. The first-order chi connectivity index (χ1) is 9.24. The number of benzene rings is 2. The van der Waals surface area contributed by atoms with Crippen LogP contribution >= 0.6 is 0 Å². The van der Waals surface area contributed by atoms with Crippen LogP contribution in [0.3, 0.4) is 0 Å². The number of nitrogens with one attached hydrogen (secondary N) is 1. The van der Waals surface area contributed by atoms with Gasteiger partial charge in [0.05, 0.1) is 23.0 Å². The fourth-order valence-electron chi connectivity index (χ4n) is 2.02. The average molecular weight is 251 g/mol. The summed E-state index contributed by atoms with van der Waals surface area (Å²) in [7, 11) is 0. The summed E-state index contributed by atoms with van der Waals surface area (Å²) in [6.07, 6.45) is 2.13. The molecule has 0 bridgehead atoms. The zero-order chi connectivity index (χ0) is 13.7. The third-order valence-corrected chi connectivity index (χ3v) is 2.99. The van der Waals surface area contributed by atoms with E-state index in [1.165, 1.54) is 5.56 Å². The van der Waals surface area contributed by atoms with Crippen molar-refractivity contribution in [1.29, 1.82) is 5.26 Å². The van der Waals surface area contributed by atoms with E-state index < -0.39 is 0 Å². The summed E-state index contributed by atoms with van der Waals surface area (Å²) in [5, 5.41) is 12.2. The highest BCUT2D eigenvalue weighted by Gasteiger charge is 2.04. The number of hydrogen-bond acceptors (Lipinski definition) is 3. The second kappa shape index (κ2) is 5.92. The molecule has 0 atom stereocenters. The summed E-state index contributed by atoms with van der Waals surface area (Å²) in [5.41, 5.74) is 10.3. The standard InChI is InChI=1S/C16H17N3/c1-2-5-13-6-3-4-7-15(13)19-16-9-8-12(11-17)10-14(16)18/h3-4,6-10,19H,2,5,18H2,1H3. The van der Waals surface area contributed by atoms with Crippen LogP contribution in [0, 0.1) is 11.3 Å². The molecule has 0 heterocycles. The van der Waals surface area contributed by atoms with Crippen LogP contribution in [-0.2, 0) is 6.42 Å². The molecule has 2 aromatic rings. The molecular weight excluding hydrogens is 234 g/mol. The minimum absolute atomic E-state index is 0.574. The number of nitrogens with zero attached hydrogens (tertiary/aromatic N) is 1. The Kier molecular flexibility index (Phi) is 4.04. The zero-order valence-corrected chi connectivity index (χ0v) is 11.0. The Balaban J connectivity index is 2.29. The third kappa shape index (κ3) is 3.05. The molecule has 3 nitrogen and oxygen atoms in total. The Labute approximate surface area is 113 Å². The van der Waals surface area contributed by atoms with Gasteiger partial charge in [-0.25, -0.2) is 0 Å². The van der Waals surface area contributed by atoms with Crippen LogP contribution in [0.25, 0.3) is 0 Å². The number of nitrogens with two attached hydrogens (primary N) is 1.